The molecule has 0 fully saturated rings. The Morgan fingerprint density at radius 3 is 2.77 bits per heavy atom. The Balaban J connectivity index is 3.05. The summed E-state index contributed by atoms with van der Waals surface area (Å²) in [5.41, 5.74) is 0.484. The molecule has 0 aromatic heterocycles. The zero-order chi connectivity index (χ0) is 9.84. The van der Waals surface area contributed by atoms with E-state index in [0.29, 0.717) is 16.3 Å². The lowest BCUT2D eigenvalue weighted by Gasteiger charge is -2.03. The second-order valence-corrected chi connectivity index (χ2v) is 3.15. The molecule has 0 aliphatic rings. The summed E-state index contributed by atoms with van der Waals surface area (Å²) < 4.78 is 4.95. The minimum Gasteiger partial charge on any atom is -0.497 e. The van der Waals surface area contributed by atoms with E-state index in [1.807, 2.05) is 0 Å². The van der Waals surface area contributed by atoms with E-state index in [0.717, 1.165) is 0 Å². The summed E-state index contributed by atoms with van der Waals surface area (Å²) in [7, 11) is 1.55. The molecule has 4 heteroatoms. The third-order valence-corrected chi connectivity index (χ3v) is 2.22. The van der Waals surface area contributed by atoms with Crippen LogP contribution in [-0.2, 0) is 0 Å². The molecule has 13 heavy (non-hydrogen) atoms. The van der Waals surface area contributed by atoms with Gasteiger partial charge in [0, 0.05) is 5.56 Å². The smallest absolute Gasteiger partial charge is 0.173 e. The number of carbonyl (C=O) groups is 1. The predicted molar refractivity (Wildman–Crippen MR) is 56.2 cm³/mol. The SMILES string of the molecule is COc1ccc(C(=O)CS)c(Cl)c1. The Bertz CT molecular complexity index is 325. The topological polar surface area (TPSA) is 26.3 Å². The second-order valence-electron chi connectivity index (χ2n) is 2.43. The van der Waals surface area contributed by atoms with Crippen molar-refractivity contribution in [3.63, 3.8) is 0 Å². The van der Waals surface area contributed by atoms with Gasteiger partial charge < -0.3 is 4.74 Å². The van der Waals surface area contributed by atoms with Crippen LogP contribution in [0.2, 0.25) is 5.02 Å². The van der Waals surface area contributed by atoms with Crippen molar-refractivity contribution in [3.8, 4) is 5.75 Å². The van der Waals surface area contributed by atoms with Crippen LogP contribution in [0.1, 0.15) is 10.4 Å². The fourth-order valence-electron chi connectivity index (χ4n) is 0.934. The summed E-state index contributed by atoms with van der Waals surface area (Å²) in [6.45, 7) is 0. The number of benzene rings is 1. The van der Waals surface area contributed by atoms with E-state index in [9.17, 15) is 4.79 Å². The van der Waals surface area contributed by atoms with Crippen molar-refractivity contribution < 1.29 is 9.53 Å². The first-order valence-electron chi connectivity index (χ1n) is 3.66. The van der Waals surface area contributed by atoms with Gasteiger partial charge in [-0.05, 0) is 18.2 Å². The summed E-state index contributed by atoms with van der Waals surface area (Å²) in [5.74, 6) is 0.711. The van der Waals surface area contributed by atoms with Crippen molar-refractivity contribution in [1.82, 2.24) is 0 Å². The highest BCUT2D eigenvalue weighted by Gasteiger charge is 2.08. The maximum absolute atomic E-state index is 11.2. The first kappa shape index (κ1) is 10.4. The van der Waals surface area contributed by atoms with Gasteiger partial charge in [0.05, 0.1) is 17.9 Å². The average Bonchev–Trinajstić information content (AvgIpc) is 2.16. The number of ketones is 1. The molecule has 0 atom stereocenters. The number of methoxy groups -OCH3 is 1. The van der Waals surface area contributed by atoms with Gasteiger partial charge in [-0.2, -0.15) is 12.6 Å². The lowest BCUT2D eigenvalue weighted by molar-refractivity contribution is 0.102. The molecule has 2 nitrogen and oxygen atoms in total. The Morgan fingerprint density at radius 2 is 2.31 bits per heavy atom. The van der Waals surface area contributed by atoms with E-state index in [-0.39, 0.29) is 11.5 Å². The van der Waals surface area contributed by atoms with Gasteiger partial charge in [-0.15, -0.1) is 0 Å². The molecule has 0 amide bonds. The van der Waals surface area contributed by atoms with Crippen molar-refractivity contribution in [1.29, 1.82) is 0 Å². The number of hydrogen-bond acceptors (Lipinski definition) is 3. The molecule has 0 saturated heterocycles. The normalized spacial score (nSPS) is 9.77. The summed E-state index contributed by atoms with van der Waals surface area (Å²) in [5, 5.41) is 0.401. The molecule has 0 bridgehead atoms. The van der Waals surface area contributed by atoms with Crippen molar-refractivity contribution >= 4 is 30.0 Å². The highest BCUT2D eigenvalue weighted by Crippen LogP contribution is 2.22. The molecule has 0 radical (unpaired) electrons. The predicted octanol–water partition coefficient (Wildman–Crippen LogP) is 2.46. The van der Waals surface area contributed by atoms with Gasteiger partial charge in [0.1, 0.15) is 5.75 Å². The number of thiol groups is 1. The number of Topliss-reactive ketones (excluding diaryl/α,β-unsaturated/α-hetero) is 1. The summed E-state index contributed by atoms with van der Waals surface area (Å²) in [4.78, 5) is 11.2. The van der Waals surface area contributed by atoms with E-state index < -0.39 is 0 Å². The van der Waals surface area contributed by atoms with E-state index in [1.54, 1.807) is 25.3 Å². The van der Waals surface area contributed by atoms with Gasteiger partial charge in [0.25, 0.3) is 0 Å². The van der Waals surface area contributed by atoms with Crippen LogP contribution in [0.3, 0.4) is 0 Å². The fraction of sp³-hybridized carbons (Fsp3) is 0.222. The molecule has 70 valence electrons. The largest absolute Gasteiger partial charge is 0.497 e. The Morgan fingerprint density at radius 1 is 1.62 bits per heavy atom. The average molecular weight is 217 g/mol. The maximum Gasteiger partial charge on any atom is 0.173 e. The molecule has 0 saturated carbocycles. The van der Waals surface area contributed by atoms with Gasteiger partial charge >= 0.3 is 0 Å². The molecule has 0 aliphatic carbocycles. The molecule has 0 N–H and O–H groups in total. The number of rotatable bonds is 3. The zero-order valence-corrected chi connectivity index (χ0v) is 8.73. The van der Waals surface area contributed by atoms with E-state index in [4.69, 9.17) is 16.3 Å². The van der Waals surface area contributed by atoms with Gasteiger partial charge in [-0.3, -0.25) is 4.79 Å². The molecular formula is C9H9ClO2S. The van der Waals surface area contributed by atoms with Crippen LogP contribution < -0.4 is 4.74 Å². The molecule has 1 rings (SSSR count). The highest BCUT2D eigenvalue weighted by atomic mass is 35.5. The zero-order valence-electron chi connectivity index (χ0n) is 7.08. The lowest BCUT2D eigenvalue weighted by atomic mass is 10.1. The summed E-state index contributed by atoms with van der Waals surface area (Å²) in [6.07, 6.45) is 0. The monoisotopic (exact) mass is 216 g/mol. The first-order valence-corrected chi connectivity index (χ1v) is 4.67. The fourth-order valence-corrected chi connectivity index (χ4v) is 1.38. The minimum absolute atomic E-state index is 0.0870. The van der Waals surface area contributed by atoms with Crippen molar-refractivity contribution in [2.24, 2.45) is 0 Å². The lowest BCUT2D eigenvalue weighted by Crippen LogP contribution is -2.01. The molecule has 0 spiro atoms. The van der Waals surface area contributed by atoms with Crippen LogP contribution in [0, 0.1) is 0 Å². The van der Waals surface area contributed by atoms with E-state index in [1.165, 1.54) is 0 Å². The van der Waals surface area contributed by atoms with E-state index >= 15 is 0 Å². The standard InChI is InChI=1S/C9H9ClO2S/c1-12-6-2-3-7(8(10)4-6)9(11)5-13/h2-4,13H,5H2,1H3. The Hall–Kier alpha value is -0.670. The molecular weight excluding hydrogens is 208 g/mol. The quantitative estimate of drug-likeness (QED) is 0.621. The van der Waals surface area contributed by atoms with Crippen LogP contribution in [0.25, 0.3) is 0 Å². The molecule has 0 heterocycles. The third kappa shape index (κ3) is 2.39. The third-order valence-electron chi connectivity index (χ3n) is 1.62. The Kier molecular flexibility index (Phi) is 3.63. The number of halogens is 1. The molecule has 1 aromatic carbocycles. The highest BCUT2D eigenvalue weighted by molar-refractivity contribution is 7.81. The molecule has 0 aliphatic heterocycles. The van der Waals surface area contributed by atoms with Crippen molar-refractivity contribution in [2.45, 2.75) is 0 Å². The van der Waals surface area contributed by atoms with Crippen LogP contribution in [0.15, 0.2) is 18.2 Å². The van der Waals surface area contributed by atoms with Crippen LogP contribution in [0.4, 0.5) is 0 Å². The van der Waals surface area contributed by atoms with E-state index in [2.05, 4.69) is 12.6 Å². The van der Waals surface area contributed by atoms with Crippen LogP contribution in [0.5, 0.6) is 5.75 Å². The molecule has 0 unspecified atom stereocenters. The first-order chi connectivity index (χ1) is 6.19. The number of ether oxygens (including phenoxy) is 1. The molecule has 1 aromatic rings. The van der Waals surface area contributed by atoms with Gasteiger partial charge in [-0.25, -0.2) is 0 Å². The maximum atomic E-state index is 11.2. The minimum atomic E-state index is -0.0870. The second kappa shape index (κ2) is 4.53. The van der Waals surface area contributed by atoms with Gasteiger partial charge in [0.2, 0.25) is 0 Å². The number of carbonyl (C=O) groups excluding carboxylic acids is 1. The van der Waals surface area contributed by atoms with Crippen LogP contribution >= 0.6 is 24.2 Å². The van der Waals surface area contributed by atoms with Crippen molar-refractivity contribution in [3.05, 3.63) is 28.8 Å². The van der Waals surface area contributed by atoms with Crippen LogP contribution in [-0.4, -0.2) is 18.6 Å². The van der Waals surface area contributed by atoms with Crippen molar-refractivity contribution in [2.75, 3.05) is 12.9 Å². The van der Waals surface area contributed by atoms with Gasteiger partial charge in [-0.1, -0.05) is 11.6 Å². The Labute approximate surface area is 87.3 Å². The summed E-state index contributed by atoms with van der Waals surface area (Å²) in [6, 6.07) is 4.94. The number of hydrogen-bond donors (Lipinski definition) is 1. The van der Waals surface area contributed by atoms with Gasteiger partial charge in [0.15, 0.2) is 5.78 Å². The summed E-state index contributed by atoms with van der Waals surface area (Å²) >= 11 is 9.73.